The molecule has 0 saturated heterocycles. The molecule has 0 radical (unpaired) electrons. The van der Waals surface area contributed by atoms with Crippen molar-refractivity contribution in [2.75, 3.05) is 0 Å². The molecule has 2 rings (SSSR count). The molecular formula is C16H17NO2. The summed E-state index contributed by atoms with van der Waals surface area (Å²) in [6.07, 6.45) is 1.66. The number of benzene rings is 1. The van der Waals surface area contributed by atoms with Crippen LogP contribution in [0.15, 0.2) is 36.4 Å². The van der Waals surface area contributed by atoms with Crippen LogP contribution in [0.3, 0.4) is 0 Å². The van der Waals surface area contributed by atoms with Crippen LogP contribution in [0, 0.1) is 6.92 Å². The van der Waals surface area contributed by atoms with Gasteiger partial charge in [0.25, 0.3) is 0 Å². The van der Waals surface area contributed by atoms with E-state index in [-0.39, 0.29) is 0 Å². The van der Waals surface area contributed by atoms with Gasteiger partial charge in [-0.05, 0) is 30.5 Å². The molecule has 0 amide bonds. The fourth-order valence-electron chi connectivity index (χ4n) is 1.93. The quantitative estimate of drug-likeness (QED) is 0.769. The standard InChI is InChI=1S/C16H17NO2/c1-3-14-9-15(10-18)16(17-12(14)2)19-11-13-7-5-4-6-8-13/h4-10H,3,11H2,1-2H3. The van der Waals surface area contributed by atoms with Crippen molar-refractivity contribution in [1.82, 2.24) is 4.98 Å². The molecule has 0 unspecified atom stereocenters. The van der Waals surface area contributed by atoms with Gasteiger partial charge in [0.15, 0.2) is 6.29 Å². The van der Waals surface area contributed by atoms with Crippen LogP contribution in [0.2, 0.25) is 0 Å². The van der Waals surface area contributed by atoms with E-state index in [0.29, 0.717) is 18.1 Å². The molecule has 1 aromatic carbocycles. The smallest absolute Gasteiger partial charge is 0.224 e. The average molecular weight is 255 g/mol. The SMILES string of the molecule is CCc1cc(C=O)c(OCc2ccccc2)nc1C. The summed E-state index contributed by atoms with van der Waals surface area (Å²) in [5, 5.41) is 0. The number of aryl methyl sites for hydroxylation is 2. The molecule has 0 spiro atoms. The number of ether oxygens (including phenoxy) is 1. The monoisotopic (exact) mass is 255 g/mol. The Morgan fingerprint density at radius 3 is 2.63 bits per heavy atom. The number of hydrogen-bond donors (Lipinski definition) is 0. The first-order valence-corrected chi connectivity index (χ1v) is 6.37. The fourth-order valence-corrected chi connectivity index (χ4v) is 1.93. The summed E-state index contributed by atoms with van der Waals surface area (Å²) in [6, 6.07) is 11.7. The molecule has 98 valence electrons. The van der Waals surface area contributed by atoms with Crippen LogP contribution < -0.4 is 4.74 Å². The maximum Gasteiger partial charge on any atom is 0.224 e. The van der Waals surface area contributed by atoms with E-state index in [1.807, 2.05) is 50.2 Å². The van der Waals surface area contributed by atoms with Gasteiger partial charge in [-0.15, -0.1) is 0 Å². The van der Waals surface area contributed by atoms with Gasteiger partial charge in [0, 0.05) is 5.69 Å². The van der Waals surface area contributed by atoms with Crippen molar-refractivity contribution in [3.63, 3.8) is 0 Å². The first kappa shape index (κ1) is 13.3. The molecule has 0 atom stereocenters. The molecule has 19 heavy (non-hydrogen) atoms. The molecule has 0 saturated carbocycles. The second-order valence-corrected chi connectivity index (χ2v) is 4.37. The van der Waals surface area contributed by atoms with E-state index in [2.05, 4.69) is 4.98 Å². The highest BCUT2D eigenvalue weighted by atomic mass is 16.5. The van der Waals surface area contributed by atoms with Crippen molar-refractivity contribution in [2.45, 2.75) is 26.9 Å². The Labute approximate surface area is 113 Å². The number of pyridine rings is 1. The van der Waals surface area contributed by atoms with Gasteiger partial charge in [0.2, 0.25) is 5.88 Å². The van der Waals surface area contributed by atoms with Crippen molar-refractivity contribution < 1.29 is 9.53 Å². The minimum Gasteiger partial charge on any atom is -0.472 e. The maximum absolute atomic E-state index is 11.1. The highest BCUT2D eigenvalue weighted by Crippen LogP contribution is 2.19. The third-order valence-corrected chi connectivity index (χ3v) is 3.04. The molecule has 0 fully saturated rings. The van der Waals surface area contributed by atoms with Gasteiger partial charge in [-0.25, -0.2) is 4.98 Å². The number of aldehydes is 1. The molecule has 2 aromatic rings. The topological polar surface area (TPSA) is 39.2 Å². The molecule has 1 heterocycles. The number of rotatable bonds is 5. The molecule has 3 nitrogen and oxygen atoms in total. The molecular weight excluding hydrogens is 238 g/mol. The average Bonchev–Trinajstić information content (AvgIpc) is 2.46. The number of aromatic nitrogens is 1. The third kappa shape index (κ3) is 3.19. The van der Waals surface area contributed by atoms with Gasteiger partial charge in [0.05, 0.1) is 5.56 Å². The summed E-state index contributed by atoms with van der Waals surface area (Å²) in [5.74, 6) is 0.411. The van der Waals surface area contributed by atoms with E-state index in [1.54, 1.807) is 0 Å². The third-order valence-electron chi connectivity index (χ3n) is 3.04. The Balaban J connectivity index is 2.20. The largest absolute Gasteiger partial charge is 0.472 e. The van der Waals surface area contributed by atoms with Crippen LogP contribution in [-0.2, 0) is 13.0 Å². The molecule has 0 aliphatic heterocycles. The molecule has 0 N–H and O–H groups in total. The second kappa shape index (κ2) is 6.14. The van der Waals surface area contributed by atoms with Crippen LogP contribution in [0.4, 0.5) is 0 Å². The van der Waals surface area contributed by atoms with Crippen LogP contribution in [0.25, 0.3) is 0 Å². The molecule has 0 aliphatic rings. The van der Waals surface area contributed by atoms with Crippen LogP contribution in [0.1, 0.15) is 34.1 Å². The Bertz CT molecular complexity index is 564. The van der Waals surface area contributed by atoms with Crippen molar-refractivity contribution >= 4 is 6.29 Å². The van der Waals surface area contributed by atoms with Gasteiger partial charge < -0.3 is 4.74 Å². The Morgan fingerprint density at radius 1 is 1.26 bits per heavy atom. The first-order valence-electron chi connectivity index (χ1n) is 6.37. The normalized spacial score (nSPS) is 10.2. The van der Waals surface area contributed by atoms with Crippen LogP contribution in [-0.4, -0.2) is 11.3 Å². The number of carbonyl (C=O) groups is 1. The zero-order valence-electron chi connectivity index (χ0n) is 11.2. The lowest BCUT2D eigenvalue weighted by molar-refractivity contribution is 0.111. The Morgan fingerprint density at radius 2 is 2.00 bits per heavy atom. The van der Waals surface area contributed by atoms with E-state index in [0.717, 1.165) is 29.5 Å². The van der Waals surface area contributed by atoms with E-state index >= 15 is 0 Å². The summed E-state index contributed by atoms with van der Waals surface area (Å²) in [7, 11) is 0. The van der Waals surface area contributed by atoms with Gasteiger partial charge in [0.1, 0.15) is 6.61 Å². The predicted octanol–water partition coefficient (Wildman–Crippen LogP) is 3.34. The highest BCUT2D eigenvalue weighted by Gasteiger charge is 2.09. The molecule has 0 bridgehead atoms. The van der Waals surface area contributed by atoms with Crippen molar-refractivity contribution in [3.05, 3.63) is 58.8 Å². The molecule has 3 heteroatoms. The highest BCUT2D eigenvalue weighted by molar-refractivity contribution is 5.78. The molecule has 1 aromatic heterocycles. The summed E-state index contributed by atoms with van der Waals surface area (Å²) >= 11 is 0. The van der Waals surface area contributed by atoms with Crippen LogP contribution >= 0.6 is 0 Å². The van der Waals surface area contributed by atoms with Crippen LogP contribution in [0.5, 0.6) is 5.88 Å². The van der Waals surface area contributed by atoms with E-state index in [1.165, 1.54) is 0 Å². The number of nitrogens with zero attached hydrogens (tertiary/aromatic N) is 1. The maximum atomic E-state index is 11.1. The summed E-state index contributed by atoms with van der Waals surface area (Å²) in [6.45, 7) is 4.39. The number of carbonyl (C=O) groups excluding carboxylic acids is 1. The zero-order chi connectivity index (χ0) is 13.7. The van der Waals surface area contributed by atoms with Crippen molar-refractivity contribution in [3.8, 4) is 5.88 Å². The Kier molecular flexibility index (Phi) is 4.29. The number of hydrogen-bond acceptors (Lipinski definition) is 3. The zero-order valence-corrected chi connectivity index (χ0v) is 11.2. The van der Waals surface area contributed by atoms with Gasteiger partial charge in [-0.2, -0.15) is 0 Å². The van der Waals surface area contributed by atoms with E-state index in [9.17, 15) is 4.79 Å². The minimum absolute atomic E-state index is 0.411. The van der Waals surface area contributed by atoms with Crippen molar-refractivity contribution in [1.29, 1.82) is 0 Å². The summed E-state index contributed by atoms with van der Waals surface area (Å²) in [5.41, 5.74) is 3.56. The lowest BCUT2D eigenvalue weighted by Gasteiger charge is -2.10. The Hall–Kier alpha value is -2.16. The van der Waals surface area contributed by atoms with Gasteiger partial charge >= 0.3 is 0 Å². The van der Waals surface area contributed by atoms with E-state index < -0.39 is 0 Å². The van der Waals surface area contributed by atoms with E-state index in [4.69, 9.17) is 4.74 Å². The summed E-state index contributed by atoms with van der Waals surface area (Å²) in [4.78, 5) is 15.5. The lowest BCUT2D eigenvalue weighted by Crippen LogP contribution is -2.03. The van der Waals surface area contributed by atoms with Crippen molar-refractivity contribution in [2.24, 2.45) is 0 Å². The minimum atomic E-state index is 0.411. The predicted molar refractivity (Wildman–Crippen MR) is 74.5 cm³/mol. The van der Waals surface area contributed by atoms with Gasteiger partial charge in [-0.3, -0.25) is 4.79 Å². The molecule has 0 aliphatic carbocycles. The second-order valence-electron chi connectivity index (χ2n) is 4.37. The summed E-state index contributed by atoms with van der Waals surface area (Å²) < 4.78 is 5.65. The lowest BCUT2D eigenvalue weighted by atomic mass is 10.1. The van der Waals surface area contributed by atoms with Gasteiger partial charge in [-0.1, -0.05) is 37.3 Å². The fraction of sp³-hybridized carbons (Fsp3) is 0.250. The first-order chi connectivity index (χ1) is 9.24.